The van der Waals surface area contributed by atoms with Crippen LogP contribution in [0.15, 0.2) is 54.7 Å². The molecule has 0 saturated heterocycles. The summed E-state index contributed by atoms with van der Waals surface area (Å²) in [6, 6.07) is 14.9. The highest BCUT2D eigenvalue weighted by Gasteiger charge is 2.19. The first-order chi connectivity index (χ1) is 10.7. The van der Waals surface area contributed by atoms with Crippen molar-refractivity contribution in [1.82, 2.24) is 0 Å². The van der Waals surface area contributed by atoms with Crippen LogP contribution < -0.4 is 10.0 Å². The number of carbonyl (C=O) groups excluding carboxylic acids is 1. The van der Waals surface area contributed by atoms with E-state index >= 15 is 0 Å². The average molecular weight is 290 g/mol. The van der Waals surface area contributed by atoms with Gasteiger partial charge in [0.15, 0.2) is 6.20 Å². The van der Waals surface area contributed by atoms with Crippen LogP contribution in [0.25, 0.3) is 10.8 Å². The fourth-order valence-electron chi connectivity index (χ4n) is 3.15. The third kappa shape index (κ3) is 1.92. The minimum absolute atomic E-state index is 0.0887. The van der Waals surface area contributed by atoms with Crippen molar-refractivity contribution in [3.8, 4) is 0 Å². The Morgan fingerprint density at radius 3 is 2.64 bits per heavy atom. The van der Waals surface area contributed by atoms with Crippen LogP contribution >= 0.6 is 0 Å². The minimum Gasteiger partial charge on any atom is -0.618 e. The summed E-state index contributed by atoms with van der Waals surface area (Å²) in [4.78, 5) is 12.3. The van der Waals surface area contributed by atoms with E-state index in [2.05, 4.69) is 17.4 Å². The average Bonchev–Trinajstić information content (AvgIpc) is 2.95. The first kappa shape index (κ1) is 12.8. The van der Waals surface area contributed by atoms with E-state index in [0.29, 0.717) is 4.73 Å². The predicted octanol–water partition coefficient (Wildman–Crippen LogP) is 2.82. The minimum atomic E-state index is -0.394. The summed E-state index contributed by atoms with van der Waals surface area (Å²) >= 11 is 0. The second-order valence-electron chi connectivity index (χ2n) is 5.48. The van der Waals surface area contributed by atoms with Gasteiger partial charge in [0.1, 0.15) is 0 Å². The molecule has 0 bridgehead atoms. The topological polar surface area (TPSA) is 56.0 Å². The highest BCUT2D eigenvalue weighted by molar-refractivity contribution is 6.09. The van der Waals surface area contributed by atoms with Crippen molar-refractivity contribution in [2.24, 2.45) is 0 Å². The van der Waals surface area contributed by atoms with Crippen molar-refractivity contribution in [3.63, 3.8) is 0 Å². The van der Waals surface area contributed by atoms with Gasteiger partial charge in [-0.3, -0.25) is 4.79 Å². The highest BCUT2D eigenvalue weighted by atomic mass is 16.5. The molecule has 0 fully saturated rings. The number of anilines is 1. The number of rotatable bonds is 2. The van der Waals surface area contributed by atoms with Gasteiger partial charge in [0.2, 0.25) is 0 Å². The van der Waals surface area contributed by atoms with Crippen molar-refractivity contribution in [3.05, 3.63) is 76.8 Å². The van der Waals surface area contributed by atoms with Gasteiger partial charge in [-0.15, -0.1) is 0 Å². The number of nitrogens with one attached hydrogen (secondary N) is 1. The molecule has 1 aliphatic carbocycles. The van der Waals surface area contributed by atoms with Gasteiger partial charge >= 0.3 is 5.91 Å². The van der Waals surface area contributed by atoms with Crippen LogP contribution in [-0.4, -0.2) is 5.91 Å². The molecule has 0 unspecified atom stereocenters. The van der Waals surface area contributed by atoms with Crippen LogP contribution in [0.2, 0.25) is 0 Å². The Labute approximate surface area is 127 Å². The number of aromatic nitrogens is 1. The standard InChI is InChI=1S/C18H14N2O2/c21-18(16-6-1-2-11-20(16)22)19-15-10-9-13-8-7-12-4-3-5-14(15)17(12)13/h1-6,9-11H,7-8H2,(H,19,21). The molecule has 22 heavy (non-hydrogen) atoms. The van der Waals surface area contributed by atoms with Crippen LogP contribution in [0, 0.1) is 5.21 Å². The zero-order chi connectivity index (χ0) is 15.1. The molecule has 4 rings (SSSR count). The molecule has 0 spiro atoms. The second kappa shape index (κ2) is 4.84. The van der Waals surface area contributed by atoms with Gasteiger partial charge in [0.05, 0.1) is 0 Å². The third-order valence-electron chi connectivity index (χ3n) is 4.18. The molecule has 1 amide bonds. The van der Waals surface area contributed by atoms with Gasteiger partial charge in [-0.05, 0) is 41.5 Å². The Bertz CT molecular complexity index is 892. The summed E-state index contributed by atoms with van der Waals surface area (Å²) in [5, 5.41) is 16.8. The lowest BCUT2D eigenvalue weighted by molar-refractivity contribution is -0.607. The van der Waals surface area contributed by atoms with E-state index in [-0.39, 0.29) is 5.69 Å². The first-order valence-corrected chi connectivity index (χ1v) is 7.27. The lowest BCUT2D eigenvalue weighted by Gasteiger charge is -2.10. The Balaban J connectivity index is 1.77. The molecular weight excluding hydrogens is 276 g/mol. The van der Waals surface area contributed by atoms with Gasteiger partial charge in [-0.2, -0.15) is 4.73 Å². The number of aryl methyl sites for hydroxylation is 2. The number of hydrogen-bond acceptors (Lipinski definition) is 2. The molecule has 3 aromatic rings. The summed E-state index contributed by atoms with van der Waals surface area (Å²) in [6.07, 6.45) is 3.41. The molecule has 0 atom stereocenters. The molecule has 1 heterocycles. The number of pyridine rings is 1. The summed E-state index contributed by atoms with van der Waals surface area (Å²) in [5.74, 6) is -0.394. The molecule has 4 nitrogen and oxygen atoms in total. The van der Waals surface area contributed by atoms with Crippen molar-refractivity contribution < 1.29 is 9.52 Å². The smallest absolute Gasteiger partial charge is 0.321 e. The summed E-state index contributed by atoms with van der Waals surface area (Å²) < 4.78 is 0.579. The van der Waals surface area contributed by atoms with E-state index in [0.717, 1.165) is 23.9 Å². The van der Waals surface area contributed by atoms with Crippen LogP contribution in [0.1, 0.15) is 21.6 Å². The lowest BCUT2D eigenvalue weighted by atomic mass is 10.0. The van der Waals surface area contributed by atoms with Gasteiger partial charge < -0.3 is 10.5 Å². The van der Waals surface area contributed by atoms with Gasteiger partial charge in [-0.25, -0.2) is 0 Å². The van der Waals surface area contributed by atoms with E-state index < -0.39 is 5.91 Å². The second-order valence-corrected chi connectivity index (χ2v) is 5.48. The molecule has 2 aromatic carbocycles. The molecule has 1 aliphatic rings. The van der Waals surface area contributed by atoms with Crippen molar-refractivity contribution in [2.75, 3.05) is 5.32 Å². The number of carbonyl (C=O) groups is 1. The Hall–Kier alpha value is -2.88. The van der Waals surface area contributed by atoms with Crippen LogP contribution in [-0.2, 0) is 12.8 Å². The summed E-state index contributed by atoms with van der Waals surface area (Å²) in [7, 11) is 0. The Morgan fingerprint density at radius 1 is 1.00 bits per heavy atom. The van der Waals surface area contributed by atoms with Crippen molar-refractivity contribution >= 4 is 22.4 Å². The largest absolute Gasteiger partial charge is 0.618 e. The lowest BCUT2D eigenvalue weighted by Crippen LogP contribution is -2.36. The molecule has 0 saturated carbocycles. The van der Waals surface area contributed by atoms with E-state index in [1.165, 1.54) is 28.8 Å². The summed E-state index contributed by atoms with van der Waals surface area (Å²) in [6.45, 7) is 0. The van der Waals surface area contributed by atoms with E-state index in [4.69, 9.17) is 0 Å². The van der Waals surface area contributed by atoms with Gasteiger partial charge in [-0.1, -0.05) is 24.3 Å². The molecule has 0 radical (unpaired) electrons. The zero-order valence-electron chi connectivity index (χ0n) is 11.9. The number of benzene rings is 2. The van der Waals surface area contributed by atoms with Gasteiger partial charge in [0.25, 0.3) is 5.69 Å². The van der Waals surface area contributed by atoms with Gasteiger partial charge in [0, 0.05) is 23.2 Å². The first-order valence-electron chi connectivity index (χ1n) is 7.27. The fourth-order valence-corrected chi connectivity index (χ4v) is 3.15. The molecular formula is C18H14N2O2. The number of amides is 1. The maximum absolute atomic E-state index is 12.3. The molecule has 0 aliphatic heterocycles. The normalized spacial score (nSPS) is 12.5. The fraction of sp³-hybridized carbons (Fsp3) is 0.111. The maximum Gasteiger partial charge on any atom is 0.321 e. The molecule has 108 valence electrons. The quantitative estimate of drug-likeness (QED) is 0.583. The SMILES string of the molecule is O=C(Nc1ccc2c3c(cccc13)CC2)c1cccc[n+]1[O-]. The highest BCUT2D eigenvalue weighted by Crippen LogP contribution is 2.35. The third-order valence-corrected chi connectivity index (χ3v) is 4.18. The monoisotopic (exact) mass is 290 g/mol. The van der Waals surface area contributed by atoms with Crippen LogP contribution in [0.4, 0.5) is 5.69 Å². The number of nitrogens with zero attached hydrogens (tertiary/aromatic N) is 1. The summed E-state index contributed by atoms with van der Waals surface area (Å²) in [5.41, 5.74) is 3.48. The Kier molecular flexibility index (Phi) is 2.82. The molecule has 1 aromatic heterocycles. The van der Waals surface area contributed by atoms with E-state index in [9.17, 15) is 10.0 Å². The maximum atomic E-state index is 12.3. The zero-order valence-corrected chi connectivity index (χ0v) is 11.9. The van der Waals surface area contributed by atoms with Crippen LogP contribution in [0.5, 0.6) is 0 Å². The van der Waals surface area contributed by atoms with E-state index in [1.54, 1.807) is 12.1 Å². The molecule has 4 heteroatoms. The van der Waals surface area contributed by atoms with Crippen molar-refractivity contribution in [1.29, 1.82) is 0 Å². The Morgan fingerprint density at radius 2 is 1.82 bits per heavy atom. The predicted molar refractivity (Wildman–Crippen MR) is 84.7 cm³/mol. The molecule has 1 N–H and O–H groups in total. The number of hydrogen-bond donors (Lipinski definition) is 1. The van der Waals surface area contributed by atoms with Crippen LogP contribution in [0.3, 0.4) is 0 Å². The van der Waals surface area contributed by atoms with Crippen molar-refractivity contribution in [2.45, 2.75) is 12.8 Å². The van der Waals surface area contributed by atoms with E-state index in [1.807, 2.05) is 18.2 Å².